The van der Waals surface area contributed by atoms with E-state index in [0.717, 1.165) is 0 Å². The third-order valence-corrected chi connectivity index (χ3v) is 2.10. The number of hydrazone groups is 1. The van der Waals surface area contributed by atoms with E-state index in [1.54, 1.807) is 0 Å². The lowest BCUT2D eigenvalue weighted by molar-refractivity contribution is 0.316. The zero-order valence-corrected chi connectivity index (χ0v) is 8.20. The van der Waals surface area contributed by atoms with Crippen molar-refractivity contribution in [3.05, 3.63) is 12.3 Å². The highest BCUT2D eigenvalue weighted by atomic mass is 15.5. The zero-order valence-electron chi connectivity index (χ0n) is 8.20. The molecule has 0 aliphatic carbocycles. The number of hydrogen-bond acceptors (Lipinski definition) is 3. The van der Waals surface area contributed by atoms with Gasteiger partial charge in [-0.05, 0) is 33.9 Å². The number of likely N-dealkylation sites (N-methyl/N-ethyl adjacent to an activating group) is 1. The van der Waals surface area contributed by atoms with E-state index in [9.17, 15) is 0 Å². The van der Waals surface area contributed by atoms with Gasteiger partial charge in [-0.25, -0.2) is 0 Å². The molecule has 12 heavy (non-hydrogen) atoms. The van der Waals surface area contributed by atoms with E-state index in [4.69, 9.17) is 0 Å². The average molecular weight is 167 g/mol. The van der Waals surface area contributed by atoms with E-state index < -0.39 is 0 Å². The zero-order chi connectivity index (χ0) is 9.19. The van der Waals surface area contributed by atoms with Crippen LogP contribution in [0.4, 0.5) is 0 Å². The highest BCUT2D eigenvalue weighted by molar-refractivity contribution is 5.73. The van der Waals surface area contributed by atoms with Crippen molar-refractivity contribution in [1.29, 1.82) is 0 Å². The van der Waals surface area contributed by atoms with Crippen molar-refractivity contribution in [2.45, 2.75) is 32.4 Å². The van der Waals surface area contributed by atoms with Gasteiger partial charge in [0.15, 0.2) is 0 Å². The molecular weight excluding hydrogens is 150 g/mol. The van der Waals surface area contributed by atoms with Crippen molar-refractivity contribution in [1.82, 2.24) is 10.3 Å². The molecule has 1 atom stereocenters. The lowest BCUT2D eigenvalue weighted by Gasteiger charge is -2.29. The normalized spacial score (nSPS) is 28.6. The lowest BCUT2D eigenvalue weighted by Crippen LogP contribution is -2.42. The molecule has 1 rings (SSSR count). The second-order valence-corrected chi connectivity index (χ2v) is 3.57. The molecule has 0 saturated heterocycles. The first-order valence-electron chi connectivity index (χ1n) is 4.29. The van der Waals surface area contributed by atoms with Crippen molar-refractivity contribution >= 4 is 6.21 Å². The summed E-state index contributed by atoms with van der Waals surface area (Å²) in [6.07, 6.45) is 6.05. The molecule has 0 aromatic carbocycles. The molecule has 0 radical (unpaired) electrons. The highest BCUT2D eigenvalue weighted by Crippen LogP contribution is 2.11. The topological polar surface area (TPSA) is 27.6 Å². The van der Waals surface area contributed by atoms with Gasteiger partial charge in [0.1, 0.15) is 0 Å². The molecular formula is C9H17N3. The van der Waals surface area contributed by atoms with Gasteiger partial charge in [-0.3, -0.25) is 5.01 Å². The van der Waals surface area contributed by atoms with Gasteiger partial charge < -0.3 is 5.32 Å². The summed E-state index contributed by atoms with van der Waals surface area (Å²) in [4.78, 5) is 0. The molecule has 3 nitrogen and oxygen atoms in total. The van der Waals surface area contributed by atoms with Crippen LogP contribution in [0.5, 0.6) is 0 Å². The predicted octanol–water partition coefficient (Wildman–Crippen LogP) is 1.19. The summed E-state index contributed by atoms with van der Waals surface area (Å²) in [7, 11) is 1.93. The van der Waals surface area contributed by atoms with Crippen LogP contribution in [0.2, 0.25) is 0 Å². The second kappa shape index (κ2) is 3.27. The Balaban J connectivity index is 2.66. The Bertz CT molecular complexity index is 192. The Morgan fingerprint density at radius 1 is 1.50 bits per heavy atom. The standard InChI is InChI=1S/C9H17N3/c1-8(2)12-6-5-9(3,10-4)7-11-12/h5-8,10H,1-4H3. The number of nitrogens with one attached hydrogen (secondary N) is 1. The Kier molecular flexibility index (Phi) is 2.52. The molecule has 1 aliphatic rings. The van der Waals surface area contributed by atoms with Gasteiger partial charge in [0, 0.05) is 18.5 Å². The molecule has 0 aromatic rings. The fourth-order valence-corrected chi connectivity index (χ4v) is 0.953. The quantitative estimate of drug-likeness (QED) is 0.669. The van der Waals surface area contributed by atoms with Crippen LogP contribution < -0.4 is 5.32 Å². The van der Waals surface area contributed by atoms with Gasteiger partial charge >= 0.3 is 0 Å². The molecule has 0 spiro atoms. The minimum atomic E-state index is -0.0780. The van der Waals surface area contributed by atoms with Gasteiger partial charge in [0.25, 0.3) is 0 Å². The number of nitrogens with zero attached hydrogens (tertiary/aromatic N) is 2. The summed E-state index contributed by atoms with van der Waals surface area (Å²) in [5.41, 5.74) is -0.0780. The summed E-state index contributed by atoms with van der Waals surface area (Å²) < 4.78 is 0. The van der Waals surface area contributed by atoms with E-state index in [1.807, 2.05) is 24.5 Å². The van der Waals surface area contributed by atoms with Crippen LogP contribution >= 0.6 is 0 Å². The number of hydrogen-bond donors (Lipinski definition) is 1. The highest BCUT2D eigenvalue weighted by Gasteiger charge is 2.19. The molecule has 0 fully saturated rings. The third kappa shape index (κ3) is 1.85. The van der Waals surface area contributed by atoms with Crippen LogP contribution in [0.3, 0.4) is 0 Å². The molecule has 1 N–H and O–H groups in total. The monoisotopic (exact) mass is 167 g/mol. The van der Waals surface area contributed by atoms with Crippen LogP contribution in [0.15, 0.2) is 17.4 Å². The SMILES string of the molecule is CNC1(C)C=CN(C(C)C)N=C1. The minimum absolute atomic E-state index is 0.0780. The Hall–Kier alpha value is -0.830. The maximum atomic E-state index is 4.31. The summed E-state index contributed by atoms with van der Waals surface area (Å²) in [6, 6.07) is 0.430. The smallest absolute Gasteiger partial charge is 0.0728 e. The molecule has 0 aromatic heterocycles. The summed E-state index contributed by atoms with van der Waals surface area (Å²) >= 11 is 0. The van der Waals surface area contributed by atoms with Gasteiger partial charge in [-0.15, -0.1) is 0 Å². The Labute approximate surface area is 74.1 Å². The first kappa shape index (κ1) is 9.26. The van der Waals surface area contributed by atoms with Gasteiger partial charge in [-0.1, -0.05) is 0 Å². The van der Waals surface area contributed by atoms with E-state index >= 15 is 0 Å². The van der Waals surface area contributed by atoms with Crippen LogP contribution in [0, 0.1) is 0 Å². The largest absolute Gasteiger partial charge is 0.307 e. The maximum Gasteiger partial charge on any atom is 0.0728 e. The van der Waals surface area contributed by atoms with E-state index in [2.05, 4.69) is 37.3 Å². The molecule has 0 amide bonds. The average Bonchev–Trinajstić information content (AvgIpc) is 2.05. The summed E-state index contributed by atoms with van der Waals surface area (Å²) in [5.74, 6) is 0. The van der Waals surface area contributed by atoms with Crippen molar-refractivity contribution < 1.29 is 0 Å². The molecule has 1 aliphatic heterocycles. The molecule has 0 bridgehead atoms. The van der Waals surface area contributed by atoms with Gasteiger partial charge in [-0.2, -0.15) is 5.10 Å². The predicted molar refractivity (Wildman–Crippen MR) is 52.1 cm³/mol. The van der Waals surface area contributed by atoms with Crippen molar-refractivity contribution in [3.8, 4) is 0 Å². The second-order valence-electron chi connectivity index (χ2n) is 3.57. The molecule has 3 heteroatoms. The minimum Gasteiger partial charge on any atom is -0.307 e. The van der Waals surface area contributed by atoms with Gasteiger partial charge in [0.05, 0.1) is 5.54 Å². The van der Waals surface area contributed by atoms with Gasteiger partial charge in [0.2, 0.25) is 0 Å². The summed E-state index contributed by atoms with van der Waals surface area (Å²) in [6.45, 7) is 6.32. The number of rotatable bonds is 2. The van der Waals surface area contributed by atoms with Crippen molar-refractivity contribution in [3.63, 3.8) is 0 Å². The third-order valence-electron chi connectivity index (χ3n) is 2.10. The summed E-state index contributed by atoms with van der Waals surface area (Å²) in [5, 5.41) is 9.43. The first-order chi connectivity index (χ1) is 5.57. The van der Waals surface area contributed by atoms with Crippen molar-refractivity contribution in [2.75, 3.05) is 7.05 Å². The fraction of sp³-hybridized carbons (Fsp3) is 0.667. The Morgan fingerprint density at radius 3 is 2.50 bits per heavy atom. The molecule has 0 saturated carbocycles. The Morgan fingerprint density at radius 2 is 2.17 bits per heavy atom. The molecule has 1 heterocycles. The van der Waals surface area contributed by atoms with Crippen LogP contribution in [-0.2, 0) is 0 Å². The van der Waals surface area contributed by atoms with Crippen LogP contribution in [-0.4, -0.2) is 29.9 Å². The lowest BCUT2D eigenvalue weighted by atomic mass is 10.0. The maximum absolute atomic E-state index is 4.31. The molecule has 68 valence electrons. The van der Waals surface area contributed by atoms with Crippen LogP contribution in [0.25, 0.3) is 0 Å². The van der Waals surface area contributed by atoms with E-state index in [1.165, 1.54) is 0 Å². The van der Waals surface area contributed by atoms with Crippen LogP contribution in [0.1, 0.15) is 20.8 Å². The van der Waals surface area contributed by atoms with Crippen molar-refractivity contribution in [2.24, 2.45) is 5.10 Å². The van der Waals surface area contributed by atoms with E-state index in [0.29, 0.717) is 6.04 Å². The first-order valence-corrected chi connectivity index (χ1v) is 4.29. The van der Waals surface area contributed by atoms with E-state index in [-0.39, 0.29) is 5.54 Å². The fourth-order valence-electron chi connectivity index (χ4n) is 0.953. The molecule has 1 unspecified atom stereocenters.